The fraction of sp³-hybridized carbons (Fsp3) is 0.160. The van der Waals surface area contributed by atoms with Crippen molar-refractivity contribution < 1.29 is 13.9 Å². The maximum Gasteiger partial charge on any atom is 0.258 e. The molecular weight excluding hydrogens is 362 g/mol. The van der Waals surface area contributed by atoms with E-state index in [1.807, 2.05) is 53.4 Å². The van der Waals surface area contributed by atoms with Gasteiger partial charge in [0.15, 0.2) is 0 Å². The lowest BCUT2D eigenvalue weighted by Crippen LogP contribution is -2.40. The number of carbonyl (C=O) groups is 1. The molecule has 3 aromatic rings. The zero-order valence-electron chi connectivity index (χ0n) is 16.2. The van der Waals surface area contributed by atoms with Gasteiger partial charge in [-0.1, -0.05) is 48.0 Å². The molecular formula is C25H21NO3. The molecule has 1 aromatic heterocycles. The Hall–Kier alpha value is -3.53. The third kappa shape index (κ3) is 3.07. The second kappa shape index (κ2) is 7.13. The third-order valence-electron chi connectivity index (χ3n) is 5.43. The molecule has 2 aromatic carbocycles. The number of nitrogens with zero attached hydrogens (tertiary/aromatic N) is 1. The van der Waals surface area contributed by atoms with E-state index >= 15 is 0 Å². The molecule has 0 saturated carbocycles. The maximum atomic E-state index is 13.5. The molecule has 0 bridgehead atoms. The number of carbonyl (C=O) groups excluding carboxylic acids is 1. The summed E-state index contributed by atoms with van der Waals surface area (Å²) in [5.41, 5.74) is 4.75. The molecule has 0 saturated heterocycles. The van der Waals surface area contributed by atoms with Gasteiger partial charge >= 0.3 is 0 Å². The van der Waals surface area contributed by atoms with E-state index in [0.29, 0.717) is 18.8 Å². The Morgan fingerprint density at radius 3 is 2.52 bits per heavy atom. The Balaban J connectivity index is 1.75. The first-order valence-electron chi connectivity index (χ1n) is 9.79. The summed E-state index contributed by atoms with van der Waals surface area (Å²) < 4.78 is 11.6. The molecule has 29 heavy (non-hydrogen) atoms. The minimum atomic E-state index is -0.299. The average Bonchev–Trinajstić information content (AvgIpc) is 3.43. The summed E-state index contributed by atoms with van der Waals surface area (Å²) in [6.45, 7) is 2.58. The van der Waals surface area contributed by atoms with Gasteiger partial charge in [0.25, 0.3) is 5.91 Å². The van der Waals surface area contributed by atoms with Crippen LogP contribution in [-0.2, 0) is 9.53 Å². The Labute approximate surface area is 169 Å². The van der Waals surface area contributed by atoms with E-state index in [4.69, 9.17) is 9.15 Å². The van der Waals surface area contributed by atoms with Crippen molar-refractivity contribution in [2.24, 2.45) is 0 Å². The number of ether oxygens (including phenoxy) is 1. The predicted molar refractivity (Wildman–Crippen MR) is 112 cm³/mol. The number of amides is 1. The Morgan fingerprint density at radius 2 is 1.79 bits per heavy atom. The lowest BCUT2D eigenvalue weighted by molar-refractivity contribution is -0.115. The molecule has 0 fully saturated rings. The van der Waals surface area contributed by atoms with E-state index in [1.54, 1.807) is 6.26 Å². The third-order valence-corrected chi connectivity index (χ3v) is 5.43. The molecule has 4 heteroatoms. The van der Waals surface area contributed by atoms with Crippen LogP contribution in [0.5, 0.6) is 0 Å². The van der Waals surface area contributed by atoms with Crippen LogP contribution in [0.1, 0.15) is 29.3 Å². The van der Waals surface area contributed by atoms with Gasteiger partial charge in [-0.05, 0) is 42.8 Å². The molecule has 3 heterocycles. The lowest BCUT2D eigenvalue weighted by atomic mass is 9.87. The highest BCUT2D eigenvalue weighted by molar-refractivity contribution is 6.09. The molecule has 1 amide bonds. The standard InChI is InChI=1S/C25H21NO3/c1-17-9-11-18(12-10-17)23-22(16-20-8-5-14-28-20)24-21(13-15-29-24)25(27)26(23)19-6-3-2-4-7-19/h2-12,14,16,23H,13,15H2,1H3/b22-16-. The van der Waals surface area contributed by atoms with Crippen LogP contribution in [0.25, 0.3) is 6.08 Å². The van der Waals surface area contributed by atoms with E-state index in [1.165, 1.54) is 5.56 Å². The number of anilines is 1. The zero-order chi connectivity index (χ0) is 19.8. The SMILES string of the molecule is Cc1ccc(C2/C(=C/c3ccco3)C3=C(CCO3)C(=O)N2c2ccccc2)cc1. The largest absolute Gasteiger partial charge is 0.492 e. The van der Waals surface area contributed by atoms with Crippen molar-refractivity contribution in [3.8, 4) is 0 Å². The summed E-state index contributed by atoms with van der Waals surface area (Å²) in [4.78, 5) is 15.4. The molecule has 2 aliphatic rings. The maximum absolute atomic E-state index is 13.5. The van der Waals surface area contributed by atoms with Crippen molar-refractivity contribution in [3.63, 3.8) is 0 Å². The second-order valence-corrected chi connectivity index (χ2v) is 7.35. The summed E-state index contributed by atoms with van der Waals surface area (Å²) in [7, 11) is 0. The molecule has 0 aliphatic carbocycles. The fourth-order valence-corrected chi connectivity index (χ4v) is 4.05. The number of hydrogen-bond donors (Lipinski definition) is 0. The number of hydrogen-bond acceptors (Lipinski definition) is 3. The molecule has 4 nitrogen and oxygen atoms in total. The van der Waals surface area contributed by atoms with Gasteiger partial charge in [-0.2, -0.15) is 0 Å². The Morgan fingerprint density at radius 1 is 1.00 bits per heavy atom. The summed E-state index contributed by atoms with van der Waals surface area (Å²) in [6, 6.07) is 21.6. The zero-order valence-corrected chi connectivity index (χ0v) is 16.2. The molecule has 2 aliphatic heterocycles. The molecule has 1 unspecified atom stereocenters. The van der Waals surface area contributed by atoms with Gasteiger partial charge in [0.2, 0.25) is 0 Å². The van der Waals surface area contributed by atoms with Crippen molar-refractivity contribution in [1.82, 2.24) is 0 Å². The van der Waals surface area contributed by atoms with Gasteiger partial charge in [0.1, 0.15) is 11.5 Å². The van der Waals surface area contributed by atoms with Gasteiger partial charge in [0.05, 0.1) is 24.5 Å². The highest BCUT2D eigenvalue weighted by Gasteiger charge is 2.42. The van der Waals surface area contributed by atoms with Crippen molar-refractivity contribution in [3.05, 3.63) is 107 Å². The monoisotopic (exact) mass is 383 g/mol. The molecule has 0 N–H and O–H groups in total. The van der Waals surface area contributed by atoms with Gasteiger partial charge in [0, 0.05) is 17.7 Å². The van der Waals surface area contributed by atoms with Crippen LogP contribution < -0.4 is 4.90 Å². The summed E-state index contributed by atoms with van der Waals surface area (Å²) in [5, 5.41) is 0. The first kappa shape index (κ1) is 17.6. The van der Waals surface area contributed by atoms with E-state index in [2.05, 4.69) is 31.2 Å². The normalized spacial score (nSPS) is 20.2. The van der Waals surface area contributed by atoms with Crippen molar-refractivity contribution in [2.75, 3.05) is 11.5 Å². The van der Waals surface area contributed by atoms with E-state index in [0.717, 1.165) is 28.2 Å². The van der Waals surface area contributed by atoms with Crippen LogP contribution >= 0.6 is 0 Å². The number of aryl methyl sites for hydroxylation is 1. The van der Waals surface area contributed by atoms with Crippen LogP contribution in [0.15, 0.2) is 94.3 Å². The summed E-state index contributed by atoms with van der Waals surface area (Å²) in [5.74, 6) is 1.44. The number of rotatable bonds is 3. The molecule has 144 valence electrons. The molecule has 0 spiro atoms. The van der Waals surface area contributed by atoms with Crippen molar-refractivity contribution in [1.29, 1.82) is 0 Å². The average molecular weight is 383 g/mol. The number of furan rings is 1. The highest BCUT2D eigenvalue weighted by Crippen LogP contribution is 2.46. The van der Waals surface area contributed by atoms with Crippen LogP contribution in [0.2, 0.25) is 0 Å². The molecule has 5 rings (SSSR count). The van der Waals surface area contributed by atoms with Crippen LogP contribution in [0, 0.1) is 6.92 Å². The Bertz CT molecular complexity index is 1090. The first-order chi connectivity index (χ1) is 14.2. The number of benzene rings is 2. The smallest absolute Gasteiger partial charge is 0.258 e. The molecule has 0 radical (unpaired) electrons. The second-order valence-electron chi connectivity index (χ2n) is 7.35. The fourth-order valence-electron chi connectivity index (χ4n) is 4.05. The minimum Gasteiger partial charge on any atom is -0.492 e. The van der Waals surface area contributed by atoms with Gasteiger partial charge in [-0.15, -0.1) is 0 Å². The topological polar surface area (TPSA) is 42.7 Å². The van der Waals surface area contributed by atoms with Crippen LogP contribution in [-0.4, -0.2) is 12.5 Å². The van der Waals surface area contributed by atoms with Gasteiger partial charge < -0.3 is 9.15 Å². The first-order valence-corrected chi connectivity index (χ1v) is 9.79. The van der Waals surface area contributed by atoms with Crippen molar-refractivity contribution >= 4 is 17.7 Å². The quantitative estimate of drug-likeness (QED) is 0.605. The lowest BCUT2D eigenvalue weighted by Gasteiger charge is -2.38. The minimum absolute atomic E-state index is 0.00544. The predicted octanol–water partition coefficient (Wildman–Crippen LogP) is 5.43. The van der Waals surface area contributed by atoms with Crippen molar-refractivity contribution in [2.45, 2.75) is 19.4 Å². The summed E-state index contributed by atoms with van der Waals surface area (Å²) >= 11 is 0. The number of para-hydroxylation sites is 1. The molecule has 1 atom stereocenters. The van der Waals surface area contributed by atoms with E-state index < -0.39 is 0 Å². The van der Waals surface area contributed by atoms with Gasteiger partial charge in [-0.3, -0.25) is 9.69 Å². The van der Waals surface area contributed by atoms with Crippen LogP contribution in [0.3, 0.4) is 0 Å². The highest BCUT2D eigenvalue weighted by atomic mass is 16.5. The van der Waals surface area contributed by atoms with E-state index in [-0.39, 0.29) is 11.9 Å². The van der Waals surface area contributed by atoms with Gasteiger partial charge in [-0.25, -0.2) is 0 Å². The van der Waals surface area contributed by atoms with Crippen LogP contribution in [0.4, 0.5) is 5.69 Å². The summed E-state index contributed by atoms with van der Waals surface area (Å²) in [6.07, 6.45) is 4.27. The Kier molecular flexibility index (Phi) is 4.32. The van der Waals surface area contributed by atoms with E-state index in [9.17, 15) is 4.79 Å².